The molecule has 0 spiro atoms. The predicted octanol–water partition coefficient (Wildman–Crippen LogP) is 7.55. The lowest BCUT2D eigenvalue weighted by Crippen LogP contribution is -2.14. The third-order valence-electron chi connectivity index (χ3n) is 5.52. The molecule has 0 unspecified atom stereocenters. The molecule has 0 fully saturated rings. The lowest BCUT2D eigenvalue weighted by atomic mass is 9.86. The van der Waals surface area contributed by atoms with Gasteiger partial charge in [0.15, 0.2) is 0 Å². The summed E-state index contributed by atoms with van der Waals surface area (Å²) in [6.45, 7) is 17.7. The molecule has 3 aromatic rings. The van der Waals surface area contributed by atoms with Gasteiger partial charge in [-0.3, -0.25) is 4.99 Å². The summed E-state index contributed by atoms with van der Waals surface area (Å²) in [5, 5.41) is 12.7. The Morgan fingerprint density at radius 2 is 1.50 bits per heavy atom. The first-order chi connectivity index (χ1) is 15.2. The van der Waals surface area contributed by atoms with Crippen LogP contribution in [0.5, 0.6) is 0 Å². The SMILES string of the molecule is C=C(Nc1cc(C(C)(C)C)ccc1CC)Nc1ccc(NCN=C(C)C)c2ccccc12. The van der Waals surface area contributed by atoms with Crippen LogP contribution in [0, 0.1) is 0 Å². The van der Waals surface area contributed by atoms with Gasteiger partial charge in [0.2, 0.25) is 0 Å². The molecule has 0 aliphatic heterocycles. The molecule has 0 aliphatic carbocycles. The smallest absolute Gasteiger partial charge is 0.107 e. The fourth-order valence-corrected chi connectivity index (χ4v) is 3.67. The van der Waals surface area contributed by atoms with Crippen LogP contribution in [-0.2, 0) is 11.8 Å². The van der Waals surface area contributed by atoms with Gasteiger partial charge in [-0.15, -0.1) is 0 Å². The van der Waals surface area contributed by atoms with Crippen LogP contribution >= 0.6 is 0 Å². The van der Waals surface area contributed by atoms with Gasteiger partial charge in [0.1, 0.15) is 12.5 Å². The maximum Gasteiger partial charge on any atom is 0.107 e. The minimum atomic E-state index is 0.0941. The standard InChI is InChI=1S/C28H36N4/c1-8-21-13-14-22(28(5,6)7)17-27(21)32-20(4)31-26-16-15-25(30-18-29-19(2)3)23-11-9-10-12-24(23)26/h9-17,30-32H,4,8,18H2,1-3,5-7H3. The lowest BCUT2D eigenvalue weighted by Gasteiger charge is -2.23. The minimum Gasteiger partial charge on any atom is -0.366 e. The lowest BCUT2D eigenvalue weighted by molar-refractivity contribution is 0.590. The van der Waals surface area contributed by atoms with Crippen molar-refractivity contribution in [1.82, 2.24) is 0 Å². The van der Waals surface area contributed by atoms with Crippen LogP contribution in [0.3, 0.4) is 0 Å². The van der Waals surface area contributed by atoms with Crippen molar-refractivity contribution in [2.75, 3.05) is 22.6 Å². The second kappa shape index (κ2) is 9.90. The van der Waals surface area contributed by atoms with Gasteiger partial charge in [0.25, 0.3) is 0 Å². The second-order valence-corrected chi connectivity index (χ2v) is 9.35. The van der Waals surface area contributed by atoms with Crippen molar-refractivity contribution >= 4 is 33.5 Å². The van der Waals surface area contributed by atoms with Crippen LogP contribution in [0.2, 0.25) is 0 Å². The van der Waals surface area contributed by atoms with Gasteiger partial charge in [0, 0.05) is 33.5 Å². The zero-order valence-corrected chi connectivity index (χ0v) is 20.3. The van der Waals surface area contributed by atoms with E-state index in [-0.39, 0.29) is 5.41 Å². The van der Waals surface area contributed by atoms with Gasteiger partial charge in [-0.05, 0) is 55.0 Å². The minimum absolute atomic E-state index is 0.0941. The van der Waals surface area contributed by atoms with Gasteiger partial charge in [0.05, 0.1) is 0 Å². The Hall–Kier alpha value is -3.27. The number of anilines is 3. The Morgan fingerprint density at radius 3 is 2.12 bits per heavy atom. The highest BCUT2D eigenvalue weighted by Gasteiger charge is 2.15. The molecule has 3 rings (SSSR count). The van der Waals surface area contributed by atoms with E-state index in [4.69, 9.17) is 0 Å². The highest BCUT2D eigenvalue weighted by molar-refractivity contribution is 6.02. The van der Waals surface area contributed by atoms with E-state index >= 15 is 0 Å². The molecule has 0 saturated carbocycles. The highest BCUT2D eigenvalue weighted by atomic mass is 15.1. The molecule has 0 amide bonds. The molecule has 0 bridgehead atoms. The molecule has 0 saturated heterocycles. The number of nitrogens with one attached hydrogen (secondary N) is 3. The molecule has 0 aromatic heterocycles. The molecule has 4 heteroatoms. The molecule has 32 heavy (non-hydrogen) atoms. The van der Waals surface area contributed by atoms with Crippen LogP contribution in [0.25, 0.3) is 10.8 Å². The van der Waals surface area contributed by atoms with Crippen molar-refractivity contribution in [3.8, 4) is 0 Å². The van der Waals surface area contributed by atoms with E-state index < -0.39 is 0 Å². The van der Waals surface area contributed by atoms with Gasteiger partial charge in [-0.1, -0.05) is 70.7 Å². The summed E-state index contributed by atoms with van der Waals surface area (Å²) in [6, 6.07) is 19.2. The first-order valence-corrected chi connectivity index (χ1v) is 11.3. The Bertz CT molecular complexity index is 1130. The fourth-order valence-electron chi connectivity index (χ4n) is 3.67. The zero-order valence-electron chi connectivity index (χ0n) is 20.3. The Morgan fingerprint density at radius 1 is 0.875 bits per heavy atom. The number of aliphatic imine (C=N–C) groups is 1. The maximum absolute atomic E-state index is 4.45. The number of nitrogens with zero attached hydrogens (tertiary/aromatic N) is 1. The fraction of sp³-hybridized carbons (Fsp3) is 0.321. The summed E-state index contributed by atoms with van der Waals surface area (Å²) in [5.74, 6) is 0.753. The Balaban J connectivity index is 1.84. The van der Waals surface area contributed by atoms with Crippen molar-refractivity contribution in [3.63, 3.8) is 0 Å². The Labute approximate surface area is 192 Å². The largest absolute Gasteiger partial charge is 0.366 e. The maximum atomic E-state index is 4.45. The quantitative estimate of drug-likeness (QED) is 0.325. The van der Waals surface area contributed by atoms with E-state index in [1.54, 1.807) is 0 Å². The second-order valence-electron chi connectivity index (χ2n) is 9.35. The molecule has 0 radical (unpaired) electrons. The third kappa shape index (κ3) is 5.70. The summed E-state index contributed by atoms with van der Waals surface area (Å²) in [4.78, 5) is 4.45. The number of fused-ring (bicyclic) bond motifs is 1. The van der Waals surface area contributed by atoms with E-state index in [2.05, 4.69) is 110 Å². The average molecular weight is 429 g/mol. The number of benzene rings is 3. The molecule has 0 heterocycles. The van der Waals surface area contributed by atoms with E-state index in [0.29, 0.717) is 6.67 Å². The first kappa shape index (κ1) is 23.4. The van der Waals surface area contributed by atoms with Gasteiger partial charge < -0.3 is 16.0 Å². The van der Waals surface area contributed by atoms with Crippen LogP contribution in [0.1, 0.15) is 52.7 Å². The van der Waals surface area contributed by atoms with Crippen molar-refractivity contribution in [2.24, 2.45) is 4.99 Å². The third-order valence-corrected chi connectivity index (χ3v) is 5.52. The monoisotopic (exact) mass is 428 g/mol. The molecule has 0 atom stereocenters. The number of hydrogen-bond acceptors (Lipinski definition) is 4. The van der Waals surface area contributed by atoms with Crippen molar-refractivity contribution in [1.29, 1.82) is 0 Å². The summed E-state index contributed by atoms with van der Waals surface area (Å²) in [5.41, 5.74) is 6.92. The molecular formula is C28H36N4. The van der Waals surface area contributed by atoms with E-state index in [9.17, 15) is 0 Å². The molecule has 0 aliphatic rings. The molecule has 4 nitrogen and oxygen atoms in total. The summed E-state index contributed by atoms with van der Waals surface area (Å²) in [7, 11) is 0. The van der Waals surface area contributed by atoms with Gasteiger partial charge in [-0.2, -0.15) is 0 Å². The van der Waals surface area contributed by atoms with Crippen molar-refractivity contribution in [3.05, 3.63) is 78.1 Å². The van der Waals surface area contributed by atoms with Crippen LogP contribution in [0.15, 0.2) is 72.0 Å². The number of aryl methyl sites for hydroxylation is 1. The van der Waals surface area contributed by atoms with E-state index in [1.165, 1.54) is 11.1 Å². The van der Waals surface area contributed by atoms with Crippen LogP contribution in [0.4, 0.5) is 17.1 Å². The first-order valence-electron chi connectivity index (χ1n) is 11.3. The highest BCUT2D eigenvalue weighted by Crippen LogP contribution is 2.32. The molecular weight excluding hydrogens is 392 g/mol. The van der Waals surface area contributed by atoms with E-state index in [0.717, 1.165) is 45.8 Å². The van der Waals surface area contributed by atoms with Crippen LogP contribution < -0.4 is 16.0 Å². The molecule has 168 valence electrons. The Kier molecular flexibility index (Phi) is 7.24. The normalized spacial score (nSPS) is 11.2. The van der Waals surface area contributed by atoms with Gasteiger partial charge >= 0.3 is 0 Å². The van der Waals surface area contributed by atoms with Crippen molar-refractivity contribution in [2.45, 2.75) is 53.4 Å². The van der Waals surface area contributed by atoms with E-state index in [1.807, 2.05) is 13.8 Å². The van der Waals surface area contributed by atoms with Crippen molar-refractivity contribution < 1.29 is 0 Å². The molecule has 3 aromatic carbocycles. The summed E-state index contributed by atoms with van der Waals surface area (Å²) < 4.78 is 0. The van der Waals surface area contributed by atoms with Crippen LogP contribution in [-0.4, -0.2) is 12.4 Å². The number of rotatable bonds is 8. The topological polar surface area (TPSA) is 48.4 Å². The summed E-state index contributed by atoms with van der Waals surface area (Å²) in [6.07, 6.45) is 0.961. The predicted molar refractivity (Wildman–Crippen MR) is 142 cm³/mol. The average Bonchev–Trinajstić information content (AvgIpc) is 2.74. The summed E-state index contributed by atoms with van der Waals surface area (Å²) >= 11 is 0. The molecule has 3 N–H and O–H groups in total. The zero-order chi connectivity index (χ0) is 23.3. The van der Waals surface area contributed by atoms with Gasteiger partial charge in [-0.25, -0.2) is 0 Å². The number of hydrogen-bond donors (Lipinski definition) is 3.